The number of fused-ring (bicyclic) bond motifs is 1. The highest BCUT2D eigenvalue weighted by Gasteiger charge is 2.53. The molecule has 0 radical (unpaired) electrons. The van der Waals surface area contributed by atoms with Crippen molar-refractivity contribution < 1.29 is 14.3 Å². The molecule has 1 aromatic carbocycles. The van der Waals surface area contributed by atoms with Crippen LogP contribution in [0.2, 0.25) is 0 Å². The van der Waals surface area contributed by atoms with E-state index in [0.29, 0.717) is 13.0 Å². The van der Waals surface area contributed by atoms with Crippen LogP contribution in [-0.2, 0) is 14.3 Å². The molecule has 4 heteroatoms. The number of rotatable bonds is 4. The van der Waals surface area contributed by atoms with Crippen LogP contribution in [0.4, 0.5) is 0 Å². The van der Waals surface area contributed by atoms with Gasteiger partial charge in [0.15, 0.2) is 6.23 Å². The van der Waals surface area contributed by atoms with Crippen LogP contribution >= 0.6 is 0 Å². The van der Waals surface area contributed by atoms with Gasteiger partial charge in [-0.05, 0) is 19.4 Å². The average molecular weight is 285 g/mol. The highest BCUT2D eigenvalue weighted by Crippen LogP contribution is 2.46. The second kappa shape index (κ2) is 5.11. The van der Waals surface area contributed by atoms with Gasteiger partial charge in [-0.15, -0.1) is 0 Å². The minimum atomic E-state index is -0.484. The summed E-state index contributed by atoms with van der Waals surface area (Å²) in [6.45, 7) is 4.14. The maximum absolute atomic E-state index is 12.5. The van der Waals surface area contributed by atoms with E-state index in [2.05, 4.69) is 0 Å². The summed E-state index contributed by atoms with van der Waals surface area (Å²) >= 11 is 0. The highest BCUT2D eigenvalue weighted by molar-refractivity contribution is 5.97. The van der Waals surface area contributed by atoms with Gasteiger partial charge in [-0.1, -0.05) is 37.3 Å². The third kappa shape index (κ3) is 2.20. The molecule has 4 nitrogen and oxygen atoms in total. The molecule has 0 saturated carbocycles. The Kier molecular flexibility index (Phi) is 3.41. The van der Waals surface area contributed by atoms with Crippen molar-refractivity contribution >= 4 is 12.2 Å². The molecule has 0 bridgehead atoms. The van der Waals surface area contributed by atoms with Crippen molar-refractivity contribution in [2.45, 2.75) is 32.0 Å². The number of ether oxygens (including phenoxy) is 1. The van der Waals surface area contributed by atoms with E-state index in [0.717, 1.165) is 17.4 Å². The topological polar surface area (TPSA) is 46.6 Å². The van der Waals surface area contributed by atoms with Crippen LogP contribution in [0.25, 0.3) is 0 Å². The van der Waals surface area contributed by atoms with E-state index in [4.69, 9.17) is 4.74 Å². The fourth-order valence-corrected chi connectivity index (χ4v) is 3.36. The molecule has 3 atom stereocenters. The molecular formula is C17H19NO3. The zero-order valence-corrected chi connectivity index (χ0v) is 12.3. The van der Waals surface area contributed by atoms with Crippen LogP contribution in [0.1, 0.15) is 32.1 Å². The van der Waals surface area contributed by atoms with Crippen LogP contribution in [0.5, 0.6) is 0 Å². The lowest BCUT2D eigenvalue weighted by molar-refractivity contribution is -0.134. The summed E-state index contributed by atoms with van der Waals surface area (Å²) in [4.78, 5) is 25.4. The van der Waals surface area contributed by atoms with Gasteiger partial charge >= 0.3 is 0 Å². The number of carbonyl (C=O) groups is 2. The lowest BCUT2D eigenvalue weighted by atomic mass is 9.89. The molecule has 3 rings (SSSR count). The van der Waals surface area contributed by atoms with Crippen molar-refractivity contribution in [3.05, 3.63) is 47.5 Å². The van der Waals surface area contributed by atoms with Crippen molar-refractivity contribution in [2.24, 2.45) is 5.92 Å². The number of nitrogens with zero attached hydrogens (tertiary/aromatic N) is 1. The van der Waals surface area contributed by atoms with Crippen LogP contribution in [0, 0.1) is 5.92 Å². The maximum Gasteiger partial charge on any atom is 0.252 e. The first-order valence-electron chi connectivity index (χ1n) is 7.22. The van der Waals surface area contributed by atoms with Crippen molar-refractivity contribution in [3.63, 3.8) is 0 Å². The molecule has 0 aliphatic carbocycles. The standard InChI is InChI=1S/C17H19NO3/c1-12(10-19)8-17-9-13(2)15(20)18(17)16(21-11-17)14-6-4-3-5-7-14/h3-7,9-10,12,16H,8,11H2,1-2H3/t12?,16-,17-/m1/s1. The summed E-state index contributed by atoms with van der Waals surface area (Å²) < 4.78 is 5.92. The fourth-order valence-electron chi connectivity index (χ4n) is 3.36. The molecule has 0 spiro atoms. The molecule has 110 valence electrons. The molecule has 1 saturated heterocycles. The predicted molar refractivity (Wildman–Crippen MR) is 78.3 cm³/mol. The van der Waals surface area contributed by atoms with E-state index in [1.807, 2.05) is 50.3 Å². The van der Waals surface area contributed by atoms with Crippen LogP contribution in [-0.4, -0.2) is 29.2 Å². The molecule has 1 fully saturated rings. The Labute approximate surface area is 124 Å². The minimum absolute atomic E-state index is 0.000507. The fraction of sp³-hybridized carbons (Fsp3) is 0.412. The molecular weight excluding hydrogens is 266 g/mol. The molecule has 1 aromatic rings. The Morgan fingerprint density at radius 3 is 2.81 bits per heavy atom. The van der Waals surface area contributed by atoms with E-state index in [9.17, 15) is 9.59 Å². The first-order chi connectivity index (χ1) is 10.1. The molecule has 2 aliphatic heterocycles. The van der Waals surface area contributed by atoms with Gasteiger partial charge in [0, 0.05) is 17.1 Å². The third-order valence-corrected chi connectivity index (χ3v) is 4.24. The normalized spacial score (nSPS) is 29.2. The SMILES string of the molecule is CC1=C[C@]2(CC(C)C=O)CO[C@H](c3ccccc3)N2C1=O. The van der Waals surface area contributed by atoms with E-state index < -0.39 is 5.54 Å². The Morgan fingerprint density at radius 2 is 2.14 bits per heavy atom. The zero-order chi connectivity index (χ0) is 15.0. The number of hydrogen-bond donors (Lipinski definition) is 0. The van der Waals surface area contributed by atoms with Gasteiger partial charge in [-0.25, -0.2) is 0 Å². The van der Waals surface area contributed by atoms with Gasteiger partial charge < -0.3 is 9.53 Å². The molecule has 1 amide bonds. The summed E-state index contributed by atoms with van der Waals surface area (Å²) in [5, 5.41) is 0. The zero-order valence-electron chi connectivity index (χ0n) is 12.3. The summed E-state index contributed by atoms with van der Waals surface area (Å²) in [7, 11) is 0. The average Bonchev–Trinajstić information content (AvgIpc) is 2.96. The largest absolute Gasteiger partial charge is 0.351 e. The minimum Gasteiger partial charge on any atom is -0.351 e. The van der Waals surface area contributed by atoms with Gasteiger partial charge in [0.1, 0.15) is 6.29 Å². The van der Waals surface area contributed by atoms with Crippen molar-refractivity contribution in [1.82, 2.24) is 4.90 Å². The van der Waals surface area contributed by atoms with E-state index in [-0.39, 0.29) is 18.1 Å². The smallest absolute Gasteiger partial charge is 0.252 e. The lowest BCUT2D eigenvalue weighted by Gasteiger charge is -2.33. The maximum atomic E-state index is 12.5. The number of carbonyl (C=O) groups excluding carboxylic acids is 2. The Bertz CT molecular complexity index is 595. The first-order valence-corrected chi connectivity index (χ1v) is 7.22. The van der Waals surface area contributed by atoms with E-state index in [1.165, 1.54) is 0 Å². The lowest BCUT2D eigenvalue weighted by Crippen LogP contribution is -2.45. The van der Waals surface area contributed by atoms with Gasteiger partial charge in [0.05, 0.1) is 12.1 Å². The first kappa shape index (κ1) is 14.0. The Morgan fingerprint density at radius 1 is 1.43 bits per heavy atom. The predicted octanol–water partition coefficient (Wildman–Crippen LogP) is 2.47. The number of aldehydes is 1. The van der Waals surface area contributed by atoms with E-state index in [1.54, 1.807) is 4.90 Å². The quantitative estimate of drug-likeness (QED) is 0.798. The third-order valence-electron chi connectivity index (χ3n) is 4.24. The van der Waals surface area contributed by atoms with Crippen LogP contribution in [0.15, 0.2) is 42.0 Å². The number of amides is 1. The van der Waals surface area contributed by atoms with Gasteiger partial charge in [-0.2, -0.15) is 0 Å². The number of hydrogen-bond acceptors (Lipinski definition) is 3. The molecule has 2 heterocycles. The van der Waals surface area contributed by atoms with Gasteiger partial charge in [-0.3, -0.25) is 9.69 Å². The molecule has 0 N–H and O–H groups in total. The van der Waals surface area contributed by atoms with E-state index >= 15 is 0 Å². The van der Waals surface area contributed by atoms with Crippen molar-refractivity contribution in [2.75, 3.05) is 6.61 Å². The van der Waals surface area contributed by atoms with Gasteiger partial charge in [0.25, 0.3) is 5.91 Å². The summed E-state index contributed by atoms with van der Waals surface area (Å²) in [5.41, 5.74) is 1.22. The highest BCUT2D eigenvalue weighted by atomic mass is 16.5. The Balaban J connectivity index is 1.97. The molecule has 0 aromatic heterocycles. The summed E-state index contributed by atoms with van der Waals surface area (Å²) in [6, 6.07) is 9.74. The molecule has 21 heavy (non-hydrogen) atoms. The van der Waals surface area contributed by atoms with Gasteiger partial charge in [0.2, 0.25) is 0 Å². The molecule has 1 unspecified atom stereocenters. The van der Waals surface area contributed by atoms with Crippen LogP contribution < -0.4 is 0 Å². The second-order valence-corrected chi connectivity index (χ2v) is 6.00. The van der Waals surface area contributed by atoms with Crippen molar-refractivity contribution in [1.29, 1.82) is 0 Å². The van der Waals surface area contributed by atoms with Crippen LogP contribution in [0.3, 0.4) is 0 Å². The van der Waals surface area contributed by atoms with Crippen molar-refractivity contribution in [3.8, 4) is 0 Å². The molecule has 2 aliphatic rings. The second-order valence-electron chi connectivity index (χ2n) is 6.00. The monoisotopic (exact) mass is 285 g/mol. The number of benzene rings is 1. The Hall–Kier alpha value is -1.94. The summed E-state index contributed by atoms with van der Waals surface area (Å²) in [6.07, 6.45) is 3.14. The summed E-state index contributed by atoms with van der Waals surface area (Å²) in [5.74, 6) is -0.111.